The summed E-state index contributed by atoms with van der Waals surface area (Å²) in [5.41, 5.74) is 0.628. The number of ether oxygens (including phenoxy) is 1. The van der Waals surface area contributed by atoms with Crippen molar-refractivity contribution in [3.05, 3.63) is 10.6 Å². The fraction of sp³-hybridized carbons (Fsp3) is 0.636. The Balaban J connectivity index is 2.03. The van der Waals surface area contributed by atoms with E-state index in [9.17, 15) is 13.2 Å². The first-order chi connectivity index (χ1) is 8.91. The van der Waals surface area contributed by atoms with Crippen LogP contribution in [0.4, 0.5) is 5.13 Å². The fourth-order valence-electron chi connectivity index (χ4n) is 1.95. The summed E-state index contributed by atoms with van der Waals surface area (Å²) in [6.45, 7) is 1.75. The molecule has 0 atom stereocenters. The molecule has 1 fully saturated rings. The van der Waals surface area contributed by atoms with E-state index in [1.165, 1.54) is 18.4 Å². The van der Waals surface area contributed by atoms with Crippen molar-refractivity contribution in [3.8, 4) is 0 Å². The Hall–Kier alpha value is -1.15. The Labute approximate surface area is 116 Å². The number of sulfone groups is 1. The van der Waals surface area contributed by atoms with Gasteiger partial charge in [0, 0.05) is 6.04 Å². The van der Waals surface area contributed by atoms with Crippen molar-refractivity contribution in [2.75, 3.05) is 23.9 Å². The molecule has 2 rings (SSSR count). The Morgan fingerprint density at radius 1 is 1.42 bits per heavy atom. The fourth-order valence-corrected chi connectivity index (χ4v) is 4.40. The van der Waals surface area contributed by atoms with E-state index < -0.39 is 15.8 Å². The van der Waals surface area contributed by atoms with Gasteiger partial charge in [-0.15, -0.1) is 0 Å². The highest BCUT2D eigenvalue weighted by Gasteiger charge is 2.25. The van der Waals surface area contributed by atoms with Gasteiger partial charge < -0.3 is 10.1 Å². The van der Waals surface area contributed by atoms with Crippen LogP contribution >= 0.6 is 11.3 Å². The van der Waals surface area contributed by atoms with Gasteiger partial charge in [-0.25, -0.2) is 18.2 Å². The molecule has 1 saturated heterocycles. The van der Waals surface area contributed by atoms with Crippen molar-refractivity contribution < 1.29 is 17.9 Å². The largest absolute Gasteiger partial charge is 0.465 e. The van der Waals surface area contributed by atoms with E-state index in [2.05, 4.69) is 15.0 Å². The second-order valence-corrected chi connectivity index (χ2v) is 7.80. The topological polar surface area (TPSA) is 85.4 Å². The average Bonchev–Trinajstić information content (AvgIpc) is 2.72. The number of anilines is 1. The minimum absolute atomic E-state index is 0.0968. The molecule has 1 aliphatic rings. The molecule has 0 saturated carbocycles. The van der Waals surface area contributed by atoms with Gasteiger partial charge in [-0.3, -0.25) is 0 Å². The molecule has 6 nitrogen and oxygen atoms in total. The third-order valence-electron chi connectivity index (χ3n) is 3.05. The van der Waals surface area contributed by atoms with Crippen LogP contribution in [0.15, 0.2) is 0 Å². The number of hydrogen-bond acceptors (Lipinski definition) is 7. The Kier molecular flexibility index (Phi) is 4.10. The van der Waals surface area contributed by atoms with E-state index in [4.69, 9.17) is 0 Å². The van der Waals surface area contributed by atoms with Gasteiger partial charge in [-0.1, -0.05) is 11.3 Å². The number of hydrogen-bond donors (Lipinski definition) is 1. The molecule has 0 spiro atoms. The number of aryl methyl sites for hydroxylation is 1. The number of thiazole rings is 1. The predicted molar refractivity (Wildman–Crippen MR) is 73.5 cm³/mol. The molecule has 0 radical (unpaired) electrons. The summed E-state index contributed by atoms with van der Waals surface area (Å²) in [5.74, 6) is 0.0203. The second-order valence-electron chi connectivity index (χ2n) is 4.50. The van der Waals surface area contributed by atoms with Crippen molar-refractivity contribution in [2.45, 2.75) is 25.8 Å². The number of carbonyl (C=O) groups is 1. The van der Waals surface area contributed by atoms with Crippen molar-refractivity contribution in [2.24, 2.45) is 0 Å². The molecule has 1 aromatic heterocycles. The van der Waals surface area contributed by atoms with Crippen molar-refractivity contribution in [1.29, 1.82) is 0 Å². The SMILES string of the molecule is COC(=O)c1sc(NC2CCS(=O)(=O)CC2)nc1C. The summed E-state index contributed by atoms with van der Waals surface area (Å²) in [6, 6.07) is 0.0968. The first kappa shape index (κ1) is 14.3. The van der Waals surface area contributed by atoms with Gasteiger partial charge in [-0.2, -0.15) is 0 Å². The molecule has 8 heteroatoms. The highest BCUT2D eigenvalue weighted by atomic mass is 32.2. The van der Waals surface area contributed by atoms with Gasteiger partial charge in [-0.05, 0) is 19.8 Å². The number of nitrogens with zero attached hydrogens (tertiary/aromatic N) is 1. The molecule has 0 bridgehead atoms. The molecule has 0 aliphatic carbocycles. The maximum atomic E-state index is 11.5. The minimum Gasteiger partial charge on any atom is -0.465 e. The van der Waals surface area contributed by atoms with E-state index in [1.54, 1.807) is 6.92 Å². The summed E-state index contributed by atoms with van der Waals surface area (Å²) >= 11 is 1.24. The summed E-state index contributed by atoms with van der Waals surface area (Å²) < 4.78 is 27.3. The van der Waals surface area contributed by atoms with Crippen molar-refractivity contribution in [3.63, 3.8) is 0 Å². The van der Waals surface area contributed by atoms with Crippen molar-refractivity contribution in [1.82, 2.24) is 4.98 Å². The number of methoxy groups -OCH3 is 1. The zero-order valence-electron chi connectivity index (χ0n) is 10.8. The van der Waals surface area contributed by atoms with Crippen LogP contribution in [-0.4, -0.2) is 44.0 Å². The van der Waals surface area contributed by atoms with Gasteiger partial charge in [0.25, 0.3) is 0 Å². The van der Waals surface area contributed by atoms with Crippen LogP contribution in [0.1, 0.15) is 28.2 Å². The quantitative estimate of drug-likeness (QED) is 0.845. The van der Waals surface area contributed by atoms with Crippen LogP contribution < -0.4 is 5.32 Å². The van der Waals surface area contributed by atoms with Crippen LogP contribution in [0, 0.1) is 6.92 Å². The van der Waals surface area contributed by atoms with E-state index in [1.807, 2.05) is 0 Å². The zero-order valence-corrected chi connectivity index (χ0v) is 12.4. The Morgan fingerprint density at radius 3 is 2.63 bits per heavy atom. The third kappa shape index (κ3) is 3.44. The summed E-state index contributed by atoms with van der Waals surface area (Å²) in [7, 11) is -1.53. The minimum atomic E-state index is -2.86. The Morgan fingerprint density at radius 2 is 2.05 bits per heavy atom. The lowest BCUT2D eigenvalue weighted by Crippen LogP contribution is -2.32. The van der Waals surface area contributed by atoms with Gasteiger partial charge >= 0.3 is 5.97 Å². The van der Waals surface area contributed by atoms with E-state index in [-0.39, 0.29) is 17.5 Å². The number of aromatic nitrogens is 1. The number of nitrogens with one attached hydrogen (secondary N) is 1. The average molecular weight is 304 g/mol. The number of esters is 1. The number of carbonyl (C=O) groups excluding carboxylic acids is 1. The van der Waals surface area contributed by atoms with Crippen LogP contribution in [0.3, 0.4) is 0 Å². The molecular formula is C11H16N2O4S2. The van der Waals surface area contributed by atoms with E-state index >= 15 is 0 Å². The van der Waals surface area contributed by atoms with Crippen LogP contribution in [0.25, 0.3) is 0 Å². The first-order valence-electron chi connectivity index (χ1n) is 5.94. The highest BCUT2D eigenvalue weighted by Crippen LogP contribution is 2.25. The molecule has 2 heterocycles. The third-order valence-corrected chi connectivity index (χ3v) is 5.83. The lowest BCUT2D eigenvalue weighted by atomic mass is 10.2. The molecule has 1 N–H and O–H groups in total. The molecule has 0 aromatic carbocycles. The highest BCUT2D eigenvalue weighted by molar-refractivity contribution is 7.91. The first-order valence-corrected chi connectivity index (χ1v) is 8.58. The molecule has 106 valence electrons. The summed E-state index contributed by atoms with van der Waals surface area (Å²) in [6.07, 6.45) is 1.16. The van der Waals surface area contributed by atoms with E-state index in [0.29, 0.717) is 28.5 Å². The summed E-state index contributed by atoms with van der Waals surface area (Å²) in [5, 5.41) is 3.83. The summed E-state index contributed by atoms with van der Waals surface area (Å²) in [4.78, 5) is 16.2. The van der Waals surface area contributed by atoms with Crippen LogP contribution in [0.2, 0.25) is 0 Å². The smallest absolute Gasteiger partial charge is 0.350 e. The lowest BCUT2D eigenvalue weighted by Gasteiger charge is -2.22. The lowest BCUT2D eigenvalue weighted by molar-refractivity contribution is 0.0605. The predicted octanol–water partition coefficient (Wildman–Crippen LogP) is 1.23. The van der Waals surface area contributed by atoms with Crippen LogP contribution in [-0.2, 0) is 14.6 Å². The van der Waals surface area contributed by atoms with E-state index in [0.717, 1.165) is 0 Å². The molecule has 0 unspecified atom stereocenters. The normalized spacial score (nSPS) is 19.1. The molecule has 1 aromatic rings. The molecular weight excluding hydrogens is 288 g/mol. The standard InChI is InChI=1S/C11H16N2O4S2/c1-7-9(10(14)17-2)18-11(12-7)13-8-3-5-19(15,16)6-4-8/h8H,3-6H2,1-2H3,(H,12,13). The van der Waals surface area contributed by atoms with Gasteiger partial charge in [0.1, 0.15) is 14.7 Å². The number of rotatable bonds is 3. The second kappa shape index (κ2) is 5.46. The maximum Gasteiger partial charge on any atom is 0.350 e. The van der Waals surface area contributed by atoms with Crippen molar-refractivity contribution >= 4 is 32.3 Å². The van der Waals surface area contributed by atoms with Gasteiger partial charge in [0.2, 0.25) is 0 Å². The van der Waals surface area contributed by atoms with Gasteiger partial charge in [0.05, 0.1) is 24.3 Å². The monoisotopic (exact) mass is 304 g/mol. The zero-order chi connectivity index (χ0) is 14.0. The molecule has 1 aliphatic heterocycles. The Bertz CT molecular complexity index is 566. The van der Waals surface area contributed by atoms with Crippen LogP contribution in [0.5, 0.6) is 0 Å². The van der Waals surface area contributed by atoms with Gasteiger partial charge in [0.15, 0.2) is 5.13 Å². The molecule has 0 amide bonds. The maximum absolute atomic E-state index is 11.5. The molecule has 19 heavy (non-hydrogen) atoms.